The van der Waals surface area contributed by atoms with E-state index in [0.717, 1.165) is 0 Å². The molecule has 0 saturated heterocycles. The predicted octanol–water partition coefficient (Wildman–Crippen LogP) is 6.24. The fourth-order valence-corrected chi connectivity index (χ4v) is 4.66. The maximum atomic E-state index is 2.35. The van der Waals surface area contributed by atoms with E-state index in [-0.39, 0.29) is 0 Å². The van der Waals surface area contributed by atoms with Crippen LogP contribution in [0.15, 0.2) is 85.2 Å². The Balaban J connectivity index is 1.82. The van der Waals surface area contributed by atoms with Crippen LogP contribution in [0, 0.1) is 0 Å². The number of nitrogens with zero attached hydrogens (tertiary/aromatic N) is 2. The third-order valence-electron chi connectivity index (χ3n) is 5.83. The molecule has 0 atom stereocenters. The highest BCUT2D eigenvalue weighted by Crippen LogP contribution is 2.40. The lowest BCUT2D eigenvalue weighted by molar-refractivity contribution is 1.26. The van der Waals surface area contributed by atoms with Gasteiger partial charge in [-0.3, -0.25) is 0 Å². The van der Waals surface area contributed by atoms with Crippen molar-refractivity contribution in [2.24, 2.45) is 0 Å². The lowest BCUT2D eigenvalue weighted by atomic mass is 10.0. The van der Waals surface area contributed by atoms with Gasteiger partial charge in [0.15, 0.2) is 0 Å². The van der Waals surface area contributed by atoms with E-state index in [1.807, 2.05) is 0 Å². The molecule has 3 heterocycles. The first kappa shape index (κ1) is 12.8. The van der Waals surface area contributed by atoms with Gasteiger partial charge in [-0.15, -0.1) is 0 Å². The van der Waals surface area contributed by atoms with Gasteiger partial charge in [0.05, 0.1) is 11.0 Å². The first-order valence-corrected chi connectivity index (χ1v) is 8.96. The monoisotopic (exact) mass is 330 g/mol. The maximum Gasteiger partial charge on any atom is 0.130 e. The molecule has 7 aromatic rings. The van der Waals surface area contributed by atoms with Crippen LogP contribution in [0.3, 0.4) is 0 Å². The van der Waals surface area contributed by atoms with Crippen molar-refractivity contribution in [2.75, 3.05) is 0 Å². The Bertz CT molecular complexity index is 1510. The van der Waals surface area contributed by atoms with Crippen LogP contribution < -0.4 is 0 Å². The normalized spacial score (nSPS) is 12.6. The van der Waals surface area contributed by atoms with E-state index in [0.29, 0.717) is 0 Å². The van der Waals surface area contributed by atoms with Gasteiger partial charge in [-0.05, 0) is 45.8 Å². The van der Waals surface area contributed by atoms with E-state index in [2.05, 4.69) is 94.0 Å². The number of imidazole rings is 1. The first-order chi connectivity index (χ1) is 12.9. The topological polar surface area (TPSA) is 8.82 Å². The zero-order valence-electron chi connectivity index (χ0n) is 14.0. The minimum atomic E-state index is 1.28. The van der Waals surface area contributed by atoms with Crippen molar-refractivity contribution in [1.29, 1.82) is 0 Å². The SMILES string of the molecule is c1ccc2cc3c(cc2c1)c1c2cc4ccccc4cc2n2ccn3c12. The lowest BCUT2D eigenvalue weighted by Crippen LogP contribution is -1.81. The molecule has 0 unspecified atom stereocenters. The van der Waals surface area contributed by atoms with Crippen LogP contribution >= 0.6 is 0 Å². The Morgan fingerprint density at radius 2 is 0.923 bits per heavy atom. The molecule has 0 bridgehead atoms. The molecule has 0 aliphatic carbocycles. The second-order valence-corrected chi connectivity index (χ2v) is 7.17. The zero-order chi connectivity index (χ0) is 16.8. The van der Waals surface area contributed by atoms with Crippen LogP contribution in [0.1, 0.15) is 0 Å². The van der Waals surface area contributed by atoms with Gasteiger partial charge >= 0.3 is 0 Å². The first-order valence-electron chi connectivity index (χ1n) is 8.96. The molecule has 0 N–H and O–H groups in total. The van der Waals surface area contributed by atoms with E-state index in [1.165, 1.54) is 54.4 Å². The number of aromatic nitrogens is 2. The maximum absolute atomic E-state index is 2.35. The van der Waals surface area contributed by atoms with Crippen molar-refractivity contribution in [2.45, 2.75) is 0 Å². The van der Waals surface area contributed by atoms with Crippen molar-refractivity contribution >= 4 is 54.4 Å². The van der Waals surface area contributed by atoms with Gasteiger partial charge in [0.2, 0.25) is 0 Å². The summed E-state index contributed by atoms with van der Waals surface area (Å²) >= 11 is 0. The highest BCUT2D eigenvalue weighted by atomic mass is 15.1. The Hall–Kier alpha value is -3.52. The molecule has 120 valence electrons. The summed E-state index contributed by atoms with van der Waals surface area (Å²) in [6.45, 7) is 0. The van der Waals surface area contributed by atoms with Gasteiger partial charge in [0.1, 0.15) is 5.65 Å². The van der Waals surface area contributed by atoms with Crippen molar-refractivity contribution in [3.63, 3.8) is 0 Å². The highest BCUT2D eigenvalue weighted by Gasteiger charge is 2.19. The number of hydrogen-bond acceptors (Lipinski definition) is 0. The molecule has 0 fully saturated rings. The van der Waals surface area contributed by atoms with E-state index >= 15 is 0 Å². The minimum absolute atomic E-state index is 1.28. The minimum Gasteiger partial charge on any atom is -0.300 e. The van der Waals surface area contributed by atoms with Crippen LogP contribution in [-0.2, 0) is 0 Å². The Labute approximate surface area is 148 Å². The zero-order valence-corrected chi connectivity index (χ0v) is 14.0. The molecule has 0 spiro atoms. The molecule has 2 nitrogen and oxygen atoms in total. The van der Waals surface area contributed by atoms with Gasteiger partial charge in [-0.1, -0.05) is 48.5 Å². The molecule has 0 saturated carbocycles. The van der Waals surface area contributed by atoms with Crippen molar-refractivity contribution in [3.8, 4) is 0 Å². The Morgan fingerprint density at radius 1 is 0.500 bits per heavy atom. The van der Waals surface area contributed by atoms with E-state index < -0.39 is 0 Å². The highest BCUT2D eigenvalue weighted by molar-refractivity contribution is 6.24. The number of fused-ring (bicyclic) bond motifs is 8. The van der Waals surface area contributed by atoms with Gasteiger partial charge in [-0.2, -0.15) is 0 Å². The summed E-state index contributed by atoms with van der Waals surface area (Å²) in [7, 11) is 0. The Kier molecular flexibility index (Phi) is 2.05. The van der Waals surface area contributed by atoms with Crippen LogP contribution in [-0.4, -0.2) is 8.80 Å². The van der Waals surface area contributed by atoms with Crippen LogP contribution in [0.2, 0.25) is 0 Å². The average Bonchev–Trinajstić information content (AvgIpc) is 3.32. The molecule has 26 heavy (non-hydrogen) atoms. The fourth-order valence-electron chi connectivity index (χ4n) is 4.66. The van der Waals surface area contributed by atoms with Gasteiger partial charge < -0.3 is 8.80 Å². The van der Waals surface area contributed by atoms with Crippen LogP contribution in [0.25, 0.3) is 54.4 Å². The summed E-state index contributed by atoms with van der Waals surface area (Å²) in [6.07, 6.45) is 4.38. The standard InChI is InChI=1S/C24H14N2/c1-3-7-17-13-21-19(11-15(17)5-1)23-20-12-16-6-2-4-8-18(16)14-22(20)26-10-9-25(21)24(23)26/h1-14H. The molecule has 3 aromatic heterocycles. The number of hydrogen-bond donors (Lipinski definition) is 0. The Morgan fingerprint density at radius 3 is 1.38 bits per heavy atom. The fraction of sp³-hybridized carbons (Fsp3) is 0. The summed E-state index contributed by atoms with van der Waals surface area (Å²) in [5.74, 6) is 0. The molecule has 0 aliphatic rings. The average molecular weight is 330 g/mol. The number of rotatable bonds is 0. The second-order valence-electron chi connectivity index (χ2n) is 7.17. The van der Waals surface area contributed by atoms with Crippen LogP contribution in [0.4, 0.5) is 0 Å². The van der Waals surface area contributed by atoms with Gasteiger partial charge in [0.25, 0.3) is 0 Å². The van der Waals surface area contributed by atoms with Crippen molar-refractivity contribution in [1.82, 2.24) is 8.80 Å². The summed E-state index contributed by atoms with van der Waals surface area (Å²) in [5.41, 5.74) is 3.85. The molecule has 0 amide bonds. The molecular weight excluding hydrogens is 316 g/mol. The second kappa shape index (κ2) is 4.17. The quantitative estimate of drug-likeness (QED) is 0.311. The van der Waals surface area contributed by atoms with Crippen molar-refractivity contribution in [3.05, 3.63) is 85.2 Å². The third kappa shape index (κ3) is 1.36. The van der Waals surface area contributed by atoms with Crippen LogP contribution in [0.5, 0.6) is 0 Å². The summed E-state index contributed by atoms with van der Waals surface area (Å²) < 4.78 is 4.67. The lowest BCUT2D eigenvalue weighted by Gasteiger charge is -2.01. The summed E-state index contributed by atoms with van der Waals surface area (Å²) in [4.78, 5) is 0. The molecule has 0 aliphatic heterocycles. The van der Waals surface area contributed by atoms with E-state index in [9.17, 15) is 0 Å². The van der Waals surface area contributed by atoms with E-state index in [1.54, 1.807) is 0 Å². The van der Waals surface area contributed by atoms with Gasteiger partial charge in [-0.25, -0.2) is 0 Å². The number of benzene rings is 4. The molecule has 2 heteroatoms. The molecule has 7 rings (SSSR count). The summed E-state index contributed by atoms with van der Waals surface area (Å²) in [5, 5.41) is 9.20. The predicted molar refractivity (Wildman–Crippen MR) is 110 cm³/mol. The molecule has 0 radical (unpaired) electrons. The summed E-state index contributed by atoms with van der Waals surface area (Å²) in [6, 6.07) is 26.6. The third-order valence-corrected chi connectivity index (χ3v) is 5.83. The molecular formula is C24H14N2. The van der Waals surface area contributed by atoms with Gasteiger partial charge in [0, 0.05) is 28.6 Å². The molecule has 4 aromatic carbocycles. The van der Waals surface area contributed by atoms with Crippen molar-refractivity contribution < 1.29 is 0 Å². The largest absolute Gasteiger partial charge is 0.300 e. The van der Waals surface area contributed by atoms with E-state index in [4.69, 9.17) is 0 Å². The smallest absolute Gasteiger partial charge is 0.130 e.